The van der Waals surface area contributed by atoms with Crippen molar-refractivity contribution >= 4 is 27.6 Å². The molecule has 25 heavy (non-hydrogen) atoms. The van der Waals surface area contributed by atoms with Crippen LogP contribution in [0.5, 0.6) is 0 Å². The summed E-state index contributed by atoms with van der Waals surface area (Å²) in [4.78, 5) is 20.6. The first-order valence-electron chi connectivity index (χ1n) is 8.50. The Bertz CT molecular complexity index is 713. The molecule has 0 atom stereocenters. The summed E-state index contributed by atoms with van der Waals surface area (Å²) < 4.78 is 6.09. The lowest BCUT2D eigenvalue weighted by atomic mass is 10.1. The van der Waals surface area contributed by atoms with Crippen molar-refractivity contribution in [1.29, 1.82) is 0 Å². The molecule has 1 saturated heterocycles. The SMILES string of the molecule is CCOC(=O)c1ccc(N2CCN(Cc3ccncc3Br)CC2)cc1. The molecule has 0 N–H and O–H groups in total. The van der Waals surface area contributed by atoms with Gasteiger partial charge in [-0.1, -0.05) is 0 Å². The summed E-state index contributed by atoms with van der Waals surface area (Å²) in [5.41, 5.74) is 3.02. The third-order valence-electron chi connectivity index (χ3n) is 4.37. The first kappa shape index (κ1) is 17.9. The van der Waals surface area contributed by atoms with Crippen molar-refractivity contribution in [1.82, 2.24) is 9.88 Å². The summed E-state index contributed by atoms with van der Waals surface area (Å²) in [6.45, 7) is 7.11. The summed E-state index contributed by atoms with van der Waals surface area (Å²) in [6, 6.07) is 9.74. The van der Waals surface area contributed by atoms with Gasteiger partial charge in [-0.3, -0.25) is 9.88 Å². The van der Waals surface area contributed by atoms with Gasteiger partial charge < -0.3 is 9.64 Å². The maximum Gasteiger partial charge on any atom is 0.338 e. The Labute approximate surface area is 156 Å². The van der Waals surface area contributed by atoms with Crippen molar-refractivity contribution in [2.75, 3.05) is 37.7 Å². The molecule has 5 nitrogen and oxygen atoms in total. The molecule has 0 bridgehead atoms. The van der Waals surface area contributed by atoms with Crippen molar-refractivity contribution in [2.45, 2.75) is 13.5 Å². The van der Waals surface area contributed by atoms with E-state index in [9.17, 15) is 4.79 Å². The third kappa shape index (κ3) is 4.58. The summed E-state index contributed by atoms with van der Waals surface area (Å²) in [5, 5.41) is 0. The van der Waals surface area contributed by atoms with Crippen LogP contribution in [0.25, 0.3) is 0 Å². The van der Waals surface area contributed by atoms with Crippen LogP contribution in [0.2, 0.25) is 0 Å². The Balaban J connectivity index is 1.55. The molecule has 1 aliphatic heterocycles. The fourth-order valence-corrected chi connectivity index (χ4v) is 3.34. The minimum Gasteiger partial charge on any atom is -0.462 e. The molecule has 132 valence electrons. The zero-order valence-corrected chi connectivity index (χ0v) is 15.9. The fourth-order valence-electron chi connectivity index (χ4n) is 2.96. The summed E-state index contributed by atoms with van der Waals surface area (Å²) in [5.74, 6) is -0.262. The van der Waals surface area contributed by atoms with Crippen LogP contribution in [0.15, 0.2) is 47.2 Å². The second-order valence-corrected chi connectivity index (χ2v) is 6.85. The zero-order valence-electron chi connectivity index (χ0n) is 14.3. The Hall–Kier alpha value is -1.92. The highest BCUT2D eigenvalue weighted by atomic mass is 79.9. The van der Waals surface area contributed by atoms with Crippen LogP contribution in [0.3, 0.4) is 0 Å². The standard InChI is InChI=1S/C19H22BrN3O2/c1-2-25-19(24)15-3-5-17(6-4-15)23-11-9-22(10-12-23)14-16-7-8-21-13-18(16)20/h3-8,13H,2,9-12,14H2,1H3. The predicted molar refractivity (Wildman–Crippen MR) is 102 cm³/mol. The third-order valence-corrected chi connectivity index (χ3v) is 5.08. The molecular weight excluding hydrogens is 382 g/mol. The van der Waals surface area contributed by atoms with Gasteiger partial charge in [-0.2, -0.15) is 0 Å². The second kappa shape index (κ2) is 8.45. The van der Waals surface area contributed by atoms with Gasteiger partial charge in [0.15, 0.2) is 0 Å². The number of rotatable bonds is 5. The van der Waals surface area contributed by atoms with Crippen LogP contribution in [0, 0.1) is 0 Å². The smallest absolute Gasteiger partial charge is 0.338 e. The van der Waals surface area contributed by atoms with Gasteiger partial charge in [0.05, 0.1) is 12.2 Å². The van der Waals surface area contributed by atoms with Crippen molar-refractivity contribution in [3.05, 3.63) is 58.3 Å². The topological polar surface area (TPSA) is 45.7 Å². The number of carbonyl (C=O) groups is 1. The zero-order chi connectivity index (χ0) is 17.6. The lowest BCUT2D eigenvalue weighted by Crippen LogP contribution is -2.46. The molecule has 0 aliphatic carbocycles. The molecule has 3 rings (SSSR count). The van der Waals surface area contributed by atoms with E-state index in [1.165, 1.54) is 5.56 Å². The van der Waals surface area contributed by atoms with E-state index in [1.807, 2.05) is 43.6 Å². The van der Waals surface area contributed by atoms with Crippen LogP contribution < -0.4 is 4.90 Å². The average molecular weight is 404 g/mol. The van der Waals surface area contributed by atoms with E-state index in [-0.39, 0.29) is 5.97 Å². The van der Waals surface area contributed by atoms with Gasteiger partial charge in [-0.15, -0.1) is 0 Å². The molecule has 0 amide bonds. The average Bonchev–Trinajstić information content (AvgIpc) is 2.65. The van der Waals surface area contributed by atoms with Gasteiger partial charge in [0.2, 0.25) is 0 Å². The van der Waals surface area contributed by atoms with Gasteiger partial charge in [-0.05, 0) is 58.7 Å². The number of ether oxygens (including phenoxy) is 1. The molecule has 2 heterocycles. The molecule has 1 aromatic heterocycles. The number of aromatic nitrogens is 1. The first-order chi connectivity index (χ1) is 12.2. The molecule has 1 aliphatic rings. The van der Waals surface area contributed by atoms with Gasteiger partial charge >= 0.3 is 5.97 Å². The maximum atomic E-state index is 11.7. The molecule has 2 aromatic rings. The number of nitrogens with zero attached hydrogens (tertiary/aromatic N) is 3. The highest BCUT2D eigenvalue weighted by Crippen LogP contribution is 2.20. The fraction of sp³-hybridized carbons (Fsp3) is 0.368. The van der Waals surface area contributed by atoms with Gasteiger partial charge in [0, 0.05) is 55.3 Å². The van der Waals surface area contributed by atoms with E-state index in [0.29, 0.717) is 12.2 Å². The van der Waals surface area contributed by atoms with Crippen LogP contribution in [0.4, 0.5) is 5.69 Å². The van der Waals surface area contributed by atoms with Gasteiger partial charge in [0.1, 0.15) is 0 Å². The van der Waals surface area contributed by atoms with Crippen molar-refractivity contribution in [2.24, 2.45) is 0 Å². The van der Waals surface area contributed by atoms with E-state index < -0.39 is 0 Å². The molecule has 1 aromatic carbocycles. The minimum atomic E-state index is -0.262. The Morgan fingerprint density at radius 2 is 1.88 bits per heavy atom. The minimum absolute atomic E-state index is 0.262. The number of hydrogen-bond acceptors (Lipinski definition) is 5. The molecule has 1 fully saturated rings. The Morgan fingerprint density at radius 3 is 2.52 bits per heavy atom. The number of benzene rings is 1. The van der Waals surface area contributed by atoms with E-state index in [2.05, 4.69) is 36.8 Å². The normalized spacial score (nSPS) is 15.2. The number of hydrogen-bond donors (Lipinski definition) is 0. The number of anilines is 1. The summed E-state index contributed by atoms with van der Waals surface area (Å²) in [7, 11) is 0. The largest absolute Gasteiger partial charge is 0.462 e. The van der Waals surface area contributed by atoms with Crippen LogP contribution in [0.1, 0.15) is 22.8 Å². The van der Waals surface area contributed by atoms with Crippen molar-refractivity contribution in [3.8, 4) is 0 Å². The molecule has 0 radical (unpaired) electrons. The number of pyridine rings is 1. The van der Waals surface area contributed by atoms with E-state index in [4.69, 9.17) is 4.74 Å². The Morgan fingerprint density at radius 1 is 1.16 bits per heavy atom. The monoisotopic (exact) mass is 403 g/mol. The number of piperazine rings is 1. The van der Waals surface area contributed by atoms with Crippen molar-refractivity contribution in [3.63, 3.8) is 0 Å². The Kier molecular flexibility index (Phi) is 6.04. The van der Waals surface area contributed by atoms with Gasteiger partial charge in [-0.25, -0.2) is 4.79 Å². The summed E-state index contributed by atoms with van der Waals surface area (Å²) >= 11 is 3.56. The lowest BCUT2D eigenvalue weighted by Gasteiger charge is -2.36. The van der Waals surface area contributed by atoms with E-state index in [1.54, 1.807) is 0 Å². The molecule has 6 heteroatoms. The number of halogens is 1. The predicted octanol–water partition coefficient (Wildman–Crippen LogP) is 3.34. The lowest BCUT2D eigenvalue weighted by molar-refractivity contribution is 0.0526. The number of carbonyl (C=O) groups excluding carboxylic acids is 1. The van der Waals surface area contributed by atoms with E-state index >= 15 is 0 Å². The molecule has 0 unspecified atom stereocenters. The maximum absolute atomic E-state index is 11.7. The first-order valence-corrected chi connectivity index (χ1v) is 9.29. The number of esters is 1. The molecule has 0 spiro atoms. The van der Waals surface area contributed by atoms with E-state index in [0.717, 1.165) is 42.9 Å². The van der Waals surface area contributed by atoms with Crippen molar-refractivity contribution < 1.29 is 9.53 Å². The highest BCUT2D eigenvalue weighted by Gasteiger charge is 2.18. The quantitative estimate of drug-likeness (QED) is 0.716. The summed E-state index contributed by atoms with van der Waals surface area (Å²) in [6.07, 6.45) is 3.68. The van der Waals surface area contributed by atoms with Gasteiger partial charge in [0.25, 0.3) is 0 Å². The second-order valence-electron chi connectivity index (χ2n) is 6.00. The van der Waals surface area contributed by atoms with Crippen LogP contribution >= 0.6 is 15.9 Å². The van der Waals surface area contributed by atoms with Crippen LogP contribution in [-0.4, -0.2) is 48.6 Å². The highest BCUT2D eigenvalue weighted by molar-refractivity contribution is 9.10. The molecule has 0 saturated carbocycles. The van der Waals surface area contributed by atoms with Crippen LogP contribution in [-0.2, 0) is 11.3 Å². The molecular formula is C19H22BrN3O2.